The SMILES string of the molecule is CCOc1ccc(S(=O)(=O)Nc2cc(Cl)cc(Cl)c2)cc1OCC. The lowest BCUT2D eigenvalue weighted by molar-refractivity contribution is 0.287. The van der Waals surface area contributed by atoms with E-state index in [1.54, 1.807) is 6.07 Å². The van der Waals surface area contributed by atoms with Crippen LogP contribution >= 0.6 is 23.2 Å². The molecule has 0 radical (unpaired) electrons. The third kappa shape index (κ3) is 4.69. The Balaban J connectivity index is 2.36. The Morgan fingerprint density at radius 2 is 1.50 bits per heavy atom. The van der Waals surface area contributed by atoms with Crippen molar-refractivity contribution in [2.45, 2.75) is 18.7 Å². The summed E-state index contributed by atoms with van der Waals surface area (Å²) < 4.78 is 38.4. The van der Waals surface area contributed by atoms with E-state index in [2.05, 4.69) is 4.72 Å². The van der Waals surface area contributed by atoms with Gasteiger partial charge in [0, 0.05) is 16.1 Å². The molecular weight excluding hydrogens is 373 g/mol. The van der Waals surface area contributed by atoms with Crippen molar-refractivity contribution in [2.24, 2.45) is 0 Å². The highest BCUT2D eigenvalue weighted by atomic mass is 35.5. The van der Waals surface area contributed by atoms with E-state index >= 15 is 0 Å². The summed E-state index contributed by atoms with van der Waals surface area (Å²) in [7, 11) is -3.82. The van der Waals surface area contributed by atoms with E-state index in [-0.39, 0.29) is 10.6 Å². The minimum atomic E-state index is -3.82. The number of halogens is 2. The molecule has 1 N–H and O–H groups in total. The minimum absolute atomic E-state index is 0.0468. The number of anilines is 1. The van der Waals surface area contributed by atoms with Crippen molar-refractivity contribution in [1.29, 1.82) is 0 Å². The Kier molecular flexibility index (Phi) is 6.21. The second-order valence-electron chi connectivity index (χ2n) is 4.74. The molecule has 0 aliphatic heterocycles. The minimum Gasteiger partial charge on any atom is -0.490 e. The van der Waals surface area contributed by atoms with Crippen LogP contribution in [0.3, 0.4) is 0 Å². The second-order valence-corrected chi connectivity index (χ2v) is 7.29. The molecule has 5 nitrogen and oxygen atoms in total. The van der Waals surface area contributed by atoms with Crippen molar-refractivity contribution in [3.8, 4) is 11.5 Å². The lowest BCUT2D eigenvalue weighted by Gasteiger charge is -2.13. The first-order chi connectivity index (χ1) is 11.4. The number of ether oxygens (including phenoxy) is 2. The smallest absolute Gasteiger partial charge is 0.262 e. The Bertz CT molecular complexity index is 805. The van der Waals surface area contributed by atoms with Crippen LogP contribution in [-0.2, 0) is 10.0 Å². The van der Waals surface area contributed by atoms with Gasteiger partial charge in [0.15, 0.2) is 11.5 Å². The zero-order valence-corrected chi connectivity index (χ0v) is 15.5. The molecule has 0 spiro atoms. The van der Waals surface area contributed by atoms with Crippen LogP contribution in [0.4, 0.5) is 5.69 Å². The molecule has 0 heterocycles. The maximum atomic E-state index is 12.6. The predicted octanol–water partition coefficient (Wildman–Crippen LogP) is 4.59. The third-order valence-corrected chi connectivity index (χ3v) is 4.76. The van der Waals surface area contributed by atoms with Crippen LogP contribution in [0.25, 0.3) is 0 Å². The normalized spacial score (nSPS) is 11.2. The highest BCUT2D eigenvalue weighted by molar-refractivity contribution is 7.92. The Labute approximate surface area is 151 Å². The van der Waals surface area contributed by atoms with Crippen LogP contribution in [0.15, 0.2) is 41.3 Å². The first-order valence-electron chi connectivity index (χ1n) is 7.24. The fourth-order valence-corrected chi connectivity index (χ4v) is 3.61. The van der Waals surface area contributed by atoms with E-state index in [0.717, 1.165) is 0 Å². The summed E-state index contributed by atoms with van der Waals surface area (Å²) in [4.78, 5) is 0.0468. The van der Waals surface area contributed by atoms with Gasteiger partial charge in [0.1, 0.15) is 0 Å². The number of rotatable bonds is 7. The lowest BCUT2D eigenvalue weighted by Crippen LogP contribution is -2.13. The number of hydrogen-bond donors (Lipinski definition) is 1. The highest BCUT2D eigenvalue weighted by Crippen LogP contribution is 2.31. The molecule has 130 valence electrons. The molecule has 0 aromatic heterocycles. The molecule has 0 bridgehead atoms. The van der Waals surface area contributed by atoms with E-state index in [9.17, 15) is 8.42 Å². The van der Waals surface area contributed by atoms with Crippen molar-refractivity contribution in [3.05, 3.63) is 46.4 Å². The van der Waals surface area contributed by atoms with E-state index in [0.29, 0.717) is 34.8 Å². The predicted molar refractivity (Wildman–Crippen MR) is 96.1 cm³/mol. The fraction of sp³-hybridized carbons (Fsp3) is 0.250. The first-order valence-corrected chi connectivity index (χ1v) is 9.48. The Morgan fingerprint density at radius 1 is 0.917 bits per heavy atom. The van der Waals surface area contributed by atoms with Gasteiger partial charge in [-0.1, -0.05) is 23.2 Å². The summed E-state index contributed by atoms with van der Waals surface area (Å²) in [6.07, 6.45) is 0. The van der Waals surface area contributed by atoms with E-state index < -0.39 is 10.0 Å². The quantitative estimate of drug-likeness (QED) is 0.751. The van der Waals surface area contributed by atoms with Gasteiger partial charge in [0.25, 0.3) is 10.0 Å². The molecule has 0 aliphatic rings. The van der Waals surface area contributed by atoms with Gasteiger partial charge in [0.05, 0.1) is 23.8 Å². The second kappa shape index (κ2) is 7.96. The summed E-state index contributed by atoms with van der Waals surface area (Å²) >= 11 is 11.8. The number of benzene rings is 2. The van der Waals surface area contributed by atoms with Gasteiger partial charge in [-0.05, 0) is 44.2 Å². The van der Waals surface area contributed by atoms with Crippen molar-refractivity contribution in [2.75, 3.05) is 17.9 Å². The molecule has 2 aromatic carbocycles. The van der Waals surface area contributed by atoms with Gasteiger partial charge >= 0.3 is 0 Å². The van der Waals surface area contributed by atoms with Gasteiger partial charge in [-0.2, -0.15) is 0 Å². The zero-order chi connectivity index (χ0) is 17.7. The molecule has 2 rings (SSSR count). The van der Waals surface area contributed by atoms with Crippen LogP contribution in [0.5, 0.6) is 11.5 Å². The Morgan fingerprint density at radius 3 is 2.08 bits per heavy atom. The monoisotopic (exact) mass is 389 g/mol. The molecule has 0 saturated heterocycles. The molecular formula is C16H17Cl2NO4S. The maximum absolute atomic E-state index is 12.6. The lowest BCUT2D eigenvalue weighted by atomic mass is 10.3. The molecule has 0 aliphatic carbocycles. The van der Waals surface area contributed by atoms with Crippen LogP contribution in [-0.4, -0.2) is 21.6 Å². The number of sulfonamides is 1. The van der Waals surface area contributed by atoms with Gasteiger partial charge in [0.2, 0.25) is 0 Å². The molecule has 24 heavy (non-hydrogen) atoms. The molecule has 0 unspecified atom stereocenters. The van der Waals surface area contributed by atoms with Crippen molar-refractivity contribution >= 4 is 38.9 Å². The van der Waals surface area contributed by atoms with Crippen LogP contribution in [0, 0.1) is 0 Å². The van der Waals surface area contributed by atoms with E-state index in [4.69, 9.17) is 32.7 Å². The average molecular weight is 390 g/mol. The van der Waals surface area contributed by atoms with Crippen LogP contribution in [0.2, 0.25) is 10.0 Å². The summed E-state index contributed by atoms with van der Waals surface area (Å²) in [5, 5.41) is 0.670. The molecule has 0 amide bonds. The highest BCUT2D eigenvalue weighted by Gasteiger charge is 2.18. The summed E-state index contributed by atoms with van der Waals surface area (Å²) in [5.41, 5.74) is 0.277. The van der Waals surface area contributed by atoms with Crippen molar-refractivity contribution in [3.63, 3.8) is 0 Å². The molecule has 0 fully saturated rings. The molecule has 8 heteroatoms. The largest absolute Gasteiger partial charge is 0.490 e. The molecule has 2 aromatic rings. The Hall–Kier alpha value is -1.63. The standard InChI is InChI=1S/C16H17Cl2NO4S/c1-3-22-15-6-5-14(10-16(15)23-4-2)24(20,21)19-13-8-11(17)7-12(18)9-13/h5-10,19H,3-4H2,1-2H3. The van der Waals surface area contributed by atoms with Gasteiger partial charge in [-0.25, -0.2) is 8.42 Å². The topological polar surface area (TPSA) is 64.6 Å². The van der Waals surface area contributed by atoms with Gasteiger partial charge in [-0.3, -0.25) is 4.72 Å². The summed E-state index contributed by atoms with van der Waals surface area (Å²) in [6, 6.07) is 8.90. The van der Waals surface area contributed by atoms with Crippen LogP contribution < -0.4 is 14.2 Å². The van der Waals surface area contributed by atoms with Gasteiger partial charge in [-0.15, -0.1) is 0 Å². The van der Waals surface area contributed by atoms with Gasteiger partial charge < -0.3 is 9.47 Å². The first kappa shape index (κ1) is 18.7. The molecule has 0 saturated carbocycles. The fourth-order valence-electron chi connectivity index (χ4n) is 2.03. The van der Waals surface area contributed by atoms with E-state index in [1.807, 2.05) is 13.8 Å². The van der Waals surface area contributed by atoms with Crippen LogP contribution in [0.1, 0.15) is 13.8 Å². The molecule has 0 atom stereocenters. The van der Waals surface area contributed by atoms with Crippen molar-refractivity contribution < 1.29 is 17.9 Å². The maximum Gasteiger partial charge on any atom is 0.262 e. The van der Waals surface area contributed by atoms with Crippen molar-refractivity contribution in [1.82, 2.24) is 0 Å². The third-order valence-electron chi connectivity index (χ3n) is 2.94. The van der Waals surface area contributed by atoms with E-state index in [1.165, 1.54) is 30.3 Å². The summed E-state index contributed by atoms with van der Waals surface area (Å²) in [6.45, 7) is 4.49. The number of nitrogens with one attached hydrogen (secondary N) is 1. The zero-order valence-electron chi connectivity index (χ0n) is 13.2. The summed E-state index contributed by atoms with van der Waals surface area (Å²) in [5.74, 6) is 0.857. The average Bonchev–Trinajstić information content (AvgIpc) is 2.47. The number of hydrogen-bond acceptors (Lipinski definition) is 4.